The molecule has 7 heteroatoms. The average Bonchev–Trinajstić information content (AvgIpc) is 3.09. The number of carbonyl (C=O) groups is 1. The molecule has 0 spiro atoms. The Morgan fingerprint density at radius 2 is 2.19 bits per heavy atom. The molecule has 3 rings (SSSR count). The van der Waals surface area contributed by atoms with Crippen LogP contribution in [0.3, 0.4) is 0 Å². The van der Waals surface area contributed by atoms with Gasteiger partial charge in [0.1, 0.15) is 11.9 Å². The number of ether oxygens (including phenoxy) is 2. The predicted octanol–water partition coefficient (Wildman–Crippen LogP) is 2.11. The largest absolute Gasteiger partial charge is 0.465 e. The zero-order chi connectivity index (χ0) is 18.5. The van der Waals surface area contributed by atoms with E-state index in [1.165, 1.54) is 18.7 Å². The summed E-state index contributed by atoms with van der Waals surface area (Å²) in [5.41, 5.74) is 2.31. The zero-order valence-corrected chi connectivity index (χ0v) is 14.7. The lowest BCUT2D eigenvalue weighted by Gasteiger charge is -2.21. The number of esters is 1. The molecule has 1 aliphatic heterocycles. The van der Waals surface area contributed by atoms with Crippen molar-refractivity contribution in [3.05, 3.63) is 53.0 Å². The van der Waals surface area contributed by atoms with Gasteiger partial charge >= 0.3 is 5.97 Å². The minimum atomic E-state index is -0.502. The topological polar surface area (TPSA) is 97.1 Å². The van der Waals surface area contributed by atoms with Crippen molar-refractivity contribution in [3.8, 4) is 6.07 Å². The lowest BCUT2D eigenvalue weighted by molar-refractivity contribution is 0.0599. The predicted molar refractivity (Wildman–Crippen MR) is 94.7 cm³/mol. The van der Waals surface area contributed by atoms with Crippen molar-refractivity contribution in [2.45, 2.75) is 19.4 Å². The third-order valence-electron chi connectivity index (χ3n) is 4.51. The number of carbonyl (C=O) groups excluding carboxylic acids is 1. The molecule has 0 amide bonds. The maximum Gasteiger partial charge on any atom is 0.339 e. The molecule has 1 N–H and O–H groups in total. The van der Waals surface area contributed by atoms with Crippen molar-refractivity contribution >= 4 is 11.8 Å². The minimum absolute atomic E-state index is 0.0335. The van der Waals surface area contributed by atoms with Crippen LogP contribution in [0, 0.1) is 24.2 Å². The standard InChI is InChI=1S/C19H20N4O3/c1-12-16(19(24)25-2)8-14(9-20)18(22-12)23-17-11-26-10-15(17)7-13-3-5-21-6-4-13/h3-6,8,15,17H,7,10-11H2,1-2H3,(H,22,23)/t15-,17-/m1/s1. The normalized spacial score (nSPS) is 19.0. The fraction of sp³-hybridized carbons (Fsp3) is 0.368. The highest BCUT2D eigenvalue weighted by Gasteiger charge is 2.29. The Kier molecular flexibility index (Phi) is 5.44. The number of hydrogen-bond donors (Lipinski definition) is 1. The van der Waals surface area contributed by atoms with Gasteiger partial charge in [0, 0.05) is 18.3 Å². The fourth-order valence-corrected chi connectivity index (χ4v) is 3.07. The lowest BCUT2D eigenvalue weighted by atomic mass is 9.95. The molecule has 7 nitrogen and oxygen atoms in total. The monoisotopic (exact) mass is 352 g/mol. The number of aryl methyl sites for hydroxylation is 1. The number of aromatic nitrogens is 2. The third kappa shape index (κ3) is 3.81. The molecule has 1 saturated heterocycles. The van der Waals surface area contributed by atoms with Crippen LogP contribution >= 0.6 is 0 Å². The third-order valence-corrected chi connectivity index (χ3v) is 4.51. The van der Waals surface area contributed by atoms with Crippen LogP contribution in [0.15, 0.2) is 30.6 Å². The first-order valence-corrected chi connectivity index (χ1v) is 8.35. The minimum Gasteiger partial charge on any atom is -0.465 e. The zero-order valence-electron chi connectivity index (χ0n) is 14.7. The molecule has 1 aliphatic rings. The first-order valence-electron chi connectivity index (χ1n) is 8.35. The summed E-state index contributed by atoms with van der Waals surface area (Å²) in [7, 11) is 1.31. The van der Waals surface area contributed by atoms with Crippen LogP contribution in [0.25, 0.3) is 0 Å². The smallest absolute Gasteiger partial charge is 0.339 e. The van der Waals surface area contributed by atoms with Gasteiger partial charge in [-0.05, 0) is 37.1 Å². The van der Waals surface area contributed by atoms with Crippen LogP contribution in [0.4, 0.5) is 5.82 Å². The molecule has 134 valence electrons. The van der Waals surface area contributed by atoms with E-state index in [-0.39, 0.29) is 12.0 Å². The van der Waals surface area contributed by atoms with Crippen LogP contribution in [0.5, 0.6) is 0 Å². The Labute approximate surface area is 152 Å². The Hall–Kier alpha value is -2.98. The van der Waals surface area contributed by atoms with Crippen molar-refractivity contribution in [2.24, 2.45) is 5.92 Å². The van der Waals surface area contributed by atoms with Crippen LogP contribution in [0.2, 0.25) is 0 Å². The molecule has 2 atom stereocenters. The Bertz CT molecular complexity index is 833. The Morgan fingerprint density at radius 1 is 1.42 bits per heavy atom. The van der Waals surface area contributed by atoms with Gasteiger partial charge in [-0.25, -0.2) is 9.78 Å². The van der Waals surface area contributed by atoms with Gasteiger partial charge in [-0.15, -0.1) is 0 Å². The molecule has 2 aromatic heterocycles. The number of rotatable bonds is 5. The summed E-state index contributed by atoms with van der Waals surface area (Å²) in [6, 6.07) is 7.63. The molecule has 26 heavy (non-hydrogen) atoms. The molecule has 0 aromatic carbocycles. The molecule has 3 heterocycles. The van der Waals surface area contributed by atoms with Gasteiger partial charge in [-0.2, -0.15) is 5.26 Å². The summed E-state index contributed by atoms with van der Waals surface area (Å²) in [6.45, 7) is 2.90. The van der Waals surface area contributed by atoms with E-state index in [1.807, 2.05) is 12.1 Å². The van der Waals surface area contributed by atoms with E-state index in [1.54, 1.807) is 19.3 Å². The number of methoxy groups -OCH3 is 1. The molecular formula is C19H20N4O3. The summed E-state index contributed by atoms with van der Waals surface area (Å²) in [6.07, 6.45) is 4.40. The molecule has 0 aliphatic carbocycles. The molecule has 0 unspecified atom stereocenters. The Balaban J connectivity index is 1.80. The average molecular weight is 352 g/mol. The SMILES string of the molecule is COC(=O)c1cc(C#N)c(N[C@@H]2COC[C@H]2Cc2ccncc2)nc1C. The quantitative estimate of drug-likeness (QED) is 0.823. The molecule has 1 fully saturated rings. The summed E-state index contributed by atoms with van der Waals surface area (Å²) in [4.78, 5) is 20.3. The Morgan fingerprint density at radius 3 is 2.88 bits per heavy atom. The van der Waals surface area contributed by atoms with E-state index in [9.17, 15) is 10.1 Å². The summed E-state index contributed by atoms with van der Waals surface area (Å²) in [5, 5.41) is 12.8. The van der Waals surface area contributed by atoms with Crippen molar-refractivity contribution in [1.29, 1.82) is 5.26 Å². The molecular weight excluding hydrogens is 332 g/mol. The van der Waals surface area contributed by atoms with Crippen molar-refractivity contribution < 1.29 is 14.3 Å². The van der Waals surface area contributed by atoms with Crippen molar-refractivity contribution in [3.63, 3.8) is 0 Å². The van der Waals surface area contributed by atoms with Crippen molar-refractivity contribution in [1.82, 2.24) is 9.97 Å². The highest BCUT2D eigenvalue weighted by molar-refractivity contribution is 5.91. The van der Waals surface area contributed by atoms with Crippen LogP contribution in [-0.2, 0) is 15.9 Å². The van der Waals surface area contributed by atoms with Crippen LogP contribution in [0.1, 0.15) is 27.2 Å². The van der Waals surface area contributed by atoms with E-state index in [0.29, 0.717) is 35.9 Å². The highest BCUT2D eigenvalue weighted by Crippen LogP contribution is 2.25. The van der Waals surface area contributed by atoms with E-state index in [0.717, 1.165) is 6.42 Å². The molecule has 2 aromatic rings. The van der Waals surface area contributed by atoms with Crippen molar-refractivity contribution in [2.75, 3.05) is 25.6 Å². The summed E-state index contributed by atoms with van der Waals surface area (Å²) >= 11 is 0. The first-order chi connectivity index (χ1) is 12.6. The number of nitriles is 1. The van der Waals surface area contributed by atoms with Gasteiger partial charge < -0.3 is 14.8 Å². The van der Waals surface area contributed by atoms with Gasteiger partial charge in [0.05, 0.1) is 43.2 Å². The molecule has 0 saturated carbocycles. The van der Waals surface area contributed by atoms with Gasteiger partial charge in [0.25, 0.3) is 0 Å². The summed E-state index contributed by atoms with van der Waals surface area (Å²) < 4.78 is 10.4. The number of nitrogens with one attached hydrogen (secondary N) is 1. The summed E-state index contributed by atoms with van der Waals surface area (Å²) in [5.74, 6) is 0.219. The molecule has 0 bridgehead atoms. The maximum atomic E-state index is 11.8. The van der Waals surface area contributed by atoms with Crippen LogP contribution < -0.4 is 5.32 Å². The van der Waals surface area contributed by atoms with Crippen LogP contribution in [-0.4, -0.2) is 42.3 Å². The van der Waals surface area contributed by atoms with Gasteiger partial charge in [-0.3, -0.25) is 4.98 Å². The van der Waals surface area contributed by atoms with E-state index in [2.05, 4.69) is 21.4 Å². The highest BCUT2D eigenvalue weighted by atomic mass is 16.5. The fourth-order valence-electron chi connectivity index (χ4n) is 3.07. The number of anilines is 1. The van der Waals surface area contributed by atoms with E-state index >= 15 is 0 Å². The second kappa shape index (κ2) is 7.93. The van der Waals surface area contributed by atoms with E-state index in [4.69, 9.17) is 9.47 Å². The second-order valence-corrected chi connectivity index (χ2v) is 6.23. The first kappa shape index (κ1) is 17.8. The number of pyridine rings is 2. The molecule has 0 radical (unpaired) electrons. The van der Waals surface area contributed by atoms with Gasteiger partial charge in [0.15, 0.2) is 0 Å². The number of hydrogen-bond acceptors (Lipinski definition) is 7. The van der Waals surface area contributed by atoms with Gasteiger partial charge in [0.2, 0.25) is 0 Å². The maximum absolute atomic E-state index is 11.8. The number of nitrogens with zero attached hydrogens (tertiary/aromatic N) is 3. The van der Waals surface area contributed by atoms with E-state index < -0.39 is 5.97 Å². The second-order valence-electron chi connectivity index (χ2n) is 6.23. The van der Waals surface area contributed by atoms with Gasteiger partial charge in [-0.1, -0.05) is 0 Å². The lowest BCUT2D eigenvalue weighted by Crippen LogP contribution is -2.30.